The van der Waals surface area contributed by atoms with E-state index in [0.29, 0.717) is 27.9 Å². The molecule has 6 heteroatoms. The van der Waals surface area contributed by atoms with Crippen LogP contribution in [0.3, 0.4) is 0 Å². The summed E-state index contributed by atoms with van der Waals surface area (Å²) in [5.41, 5.74) is 1.67. The normalized spacial score (nSPS) is 10.5. The Hall–Kier alpha value is -1.23. The number of nitrogens with one attached hydrogen (secondary N) is 1. The van der Waals surface area contributed by atoms with Gasteiger partial charge in [0.15, 0.2) is 0 Å². The highest BCUT2D eigenvalue weighted by Crippen LogP contribution is 2.24. The van der Waals surface area contributed by atoms with Gasteiger partial charge in [-0.05, 0) is 42.0 Å². The Kier molecular flexibility index (Phi) is 6.55. The molecule has 116 valence electrons. The van der Waals surface area contributed by atoms with Gasteiger partial charge >= 0.3 is 0 Å². The fourth-order valence-corrected chi connectivity index (χ4v) is 2.95. The molecule has 0 radical (unpaired) electrons. The maximum atomic E-state index is 12.8. The van der Waals surface area contributed by atoms with Crippen molar-refractivity contribution >= 4 is 46.6 Å². The van der Waals surface area contributed by atoms with Gasteiger partial charge < -0.3 is 5.32 Å². The second-order valence-corrected chi connectivity index (χ2v) is 6.53. The van der Waals surface area contributed by atoms with Gasteiger partial charge in [0.25, 0.3) is 0 Å². The second kappa shape index (κ2) is 8.42. The van der Waals surface area contributed by atoms with E-state index in [1.807, 2.05) is 12.1 Å². The van der Waals surface area contributed by atoms with Crippen molar-refractivity contribution in [3.05, 3.63) is 63.9 Å². The fraction of sp³-hybridized carbons (Fsp3) is 0.188. The van der Waals surface area contributed by atoms with E-state index in [1.165, 1.54) is 24.3 Å². The monoisotopic (exact) mass is 357 g/mol. The number of anilines is 1. The summed E-state index contributed by atoms with van der Waals surface area (Å²) in [6, 6.07) is 11.2. The van der Waals surface area contributed by atoms with Crippen molar-refractivity contribution in [2.24, 2.45) is 0 Å². The van der Waals surface area contributed by atoms with Crippen molar-refractivity contribution in [2.45, 2.75) is 12.2 Å². The lowest BCUT2D eigenvalue weighted by Crippen LogP contribution is -2.12. The molecule has 0 aliphatic carbocycles. The SMILES string of the molecule is O=C(CCSCc1ccc(Cl)c(Cl)c1)Nc1ccc(F)cc1. The van der Waals surface area contributed by atoms with Gasteiger partial charge in [-0.2, -0.15) is 11.8 Å². The molecule has 0 bridgehead atoms. The molecule has 0 spiro atoms. The molecule has 2 rings (SSSR count). The third kappa shape index (κ3) is 5.52. The zero-order valence-electron chi connectivity index (χ0n) is 11.6. The number of carbonyl (C=O) groups is 1. The lowest BCUT2D eigenvalue weighted by Gasteiger charge is -2.06. The molecule has 1 amide bonds. The van der Waals surface area contributed by atoms with Crippen molar-refractivity contribution in [1.82, 2.24) is 0 Å². The molecule has 0 saturated carbocycles. The smallest absolute Gasteiger partial charge is 0.225 e. The Labute approximate surface area is 143 Å². The Morgan fingerprint density at radius 1 is 1.09 bits per heavy atom. The molecule has 2 aromatic carbocycles. The first-order chi connectivity index (χ1) is 10.5. The molecule has 1 N–H and O–H groups in total. The Balaban J connectivity index is 1.70. The van der Waals surface area contributed by atoms with Crippen molar-refractivity contribution < 1.29 is 9.18 Å². The number of amides is 1. The molecule has 0 atom stereocenters. The van der Waals surface area contributed by atoms with E-state index in [1.54, 1.807) is 17.8 Å². The maximum absolute atomic E-state index is 12.8. The molecule has 0 aliphatic rings. The summed E-state index contributed by atoms with van der Waals surface area (Å²) in [5.74, 6) is 1.04. The highest BCUT2D eigenvalue weighted by Gasteiger charge is 2.04. The minimum Gasteiger partial charge on any atom is -0.326 e. The molecule has 0 heterocycles. The number of hydrogen-bond acceptors (Lipinski definition) is 2. The first kappa shape index (κ1) is 17.1. The number of rotatable bonds is 6. The second-order valence-electron chi connectivity index (χ2n) is 4.61. The quantitative estimate of drug-likeness (QED) is 0.701. The Bertz CT molecular complexity index is 649. The van der Waals surface area contributed by atoms with Gasteiger partial charge in [0.1, 0.15) is 5.82 Å². The lowest BCUT2D eigenvalue weighted by atomic mass is 10.2. The van der Waals surface area contributed by atoms with Gasteiger partial charge in [0.05, 0.1) is 10.0 Å². The van der Waals surface area contributed by atoms with Crippen LogP contribution in [0.25, 0.3) is 0 Å². The highest BCUT2D eigenvalue weighted by molar-refractivity contribution is 7.98. The van der Waals surface area contributed by atoms with Gasteiger partial charge in [0.2, 0.25) is 5.91 Å². The molecule has 2 nitrogen and oxygen atoms in total. The van der Waals surface area contributed by atoms with Crippen LogP contribution in [0.2, 0.25) is 10.0 Å². The highest BCUT2D eigenvalue weighted by atomic mass is 35.5. The van der Waals surface area contributed by atoms with Gasteiger partial charge in [-0.3, -0.25) is 4.79 Å². The number of benzene rings is 2. The standard InChI is InChI=1S/C16H14Cl2FNOS/c17-14-6-1-11(9-15(14)18)10-22-8-7-16(21)20-13-4-2-12(19)3-5-13/h1-6,9H,7-8,10H2,(H,20,21). The van der Waals surface area contributed by atoms with E-state index in [9.17, 15) is 9.18 Å². The van der Waals surface area contributed by atoms with Crippen molar-refractivity contribution in [3.63, 3.8) is 0 Å². The van der Waals surface area contributed by atoms with Gasteiger partial charge in [-0.25, -0.2) is 4.39 Å². The van der Waals surface area contributed by atoms with E-state index >= 15 is 0 Å². The van der Waals surface area contributed by atoms with Gasteiger partial charge in [-0.1, -0.05) is 29.3 Å². The molecule has 0 fully saturated rings. The third-order valence-corrected chi connectivity index (χ3v) is 4.62. The molecular formula is C16H14Cl2FNOS. The zero-order chi connectivity index (χ0) is 15.9. The minimum atomic E-state index is -0.324. The zero-order valence-corrected chi connectivity index (χ0v) is 13.9. The summed E-state index contributed by atoms with van der Waals surface area (Å²) in [7, 11) is 0. The predicted molar refractivity (Wildman–Crippen MR) is 92.3 cm³/mol. The number of carbonyl (C=O) groups excluding carboxylic acids is 1. The first-order valence-electron chi connectivity index (χ1n) is 6.61. The fourth-order valence-electron chi connectivity index (χ4n) is 1.74. The maximum Gasteiger partial charge on any atom is 0.225 e. The van der Waals surface area contributed by atoms with Crippen LogP contribution in [0.15, 0.2) is 42.5 Å². The molecular weight excluding hydrogens is 344 g/mol. The molecule has 0 saturated heterocycles. The summed E-state index contributed by atoms with van der Waals surface area (Å²) in [4.78, 5) is 11.8. The average molecular weight is 358 g/mol. The number of halogens is 3. The van der Waals surface area contributed by atoms with Crippen molar-refractivity contribution in [1.29, 1.82) is 0 Å². The minimum absolute atomic E-state index is 0.0896. The average Bonchev–Trinajstić information content (AvgIpc) is 2.49. The molecule has 2 aromatic rings. The van der Waals surface area contributed by atoms with E-state index in [4.69, 9.17) is 23.2 Å². The molecule has 22 heavy (non-hydrogen) atoms. The van der Waals surface area contributed by atoms with Crippen LogP contribution in [0.1, 0.15) is 12.0 Å². The summed E-state index contributed by atoms with van der Waals surface area (Å²) in [5, 5.41) is 3.80. The summed E-state index contributed by atoms with van der Waals surface area (Å²) in [6.07, 6.45) is 0.392. The summed E-state index contributed by atoms with van der Waals surface area (Å²) >= 11 is 13.4. The van der Waals surface area contributed by atoms with Crippen molar-refractivity contribution in [2.75, 3.05) is 11.1 Å². The molecule has 0 aromatic heterocycles. The summed E-state index contributed by atoms with van der Waals surface area (Å²) in [6.45, 7) is 0. The van der Waals surface area contributed by atoms with E-state index in [-0.39, 0.29) is 11.7 Å². The van der Waals surface area contributed by atoms with Crippen LogP contribution >= 0.6 is 35.0 Å². The topological polar surface area (TPSA) is 29.1 Å². The van der Waals surface area contributed by atoms with Gasteiger partial charge in [0, 0.05) is 23.6 Å². The molecule has 0 aliphatic heterocycles. The van der Waals surface area contributed by atoms with Crippen LogP contribution in [0.4, 0.5) is 10.1 Å². The van der Waals surface area contributed by atoms with Crippen LogP contribution in [0.5, 0.6) is 0 Å². The number of hydrogen-bond donors (Lipinski definition) is 1. The van der Waals surface area contributed by atoms with Crippen LogP contribution in [-0.2, 0) is 10.5 Å². The van der Waals surface area contributed by atoms with E-state index in [0.717, 1.165) is 11.3 Å². The molecule has 0 unspecified atom stereocenters. The van der Waals surface area contributed by atoms with Crippen LogP contribution in [0, 0.1) is 5.82 Å². The van der Waals surface area contributed by atoms with E-state index < -0.39 is 0 Å². The van der Waals surface area contributed by atoms with E-state index in [2.05, 4.69) is 5.32 Å². The van der Waals surface area contributed by atoms with Crippen LogP contribution in [-0.4, -0.2) is 11.7 Å². The Morgan fingerprint density at radius 3 is 2.50 bits per heavy atom. The lowest BCUT2D eigenvalue weighted by molar-refractivity contribution is -0.115. The first-order valence-corrected chi connectivity index (χ1v) is 8.53. The largest absolute Gasteiger partial charge is 0.326 e. The third-order valence-electron chi connectivity index (χ3n) is 2.85. The van der Waals surface area contributed by atoms with Gasteiger partial charge in [-0.15, -0.1) is 0 Å². The Morgan fingerprint density at radius 2 is 1.82 bits per heavy atom. The number of thioether (sulfide) groups is 1. The summed E-state index contributed by atoms with van der Waals surface area (Å²) < 4.78 is 12.8. The van der Waals surface area contributed by atoms with Crippen LogP contribution < -0.4 is 5.32 Å². The predicted octanol–water partition coefficient (Wildman–Crippen LogP) is 5.39. The van der Waals surface area contributed by atoms with Crippen molar-refractivity contribution in [3.8, 4) is 0 Å².